The van der Waals surface area contributed by atoms with E-state index in [1.165, 1.54) is 0 Å². The van der Waals surface area contributed by atoms with E-state index in [-0.39, 0.29) is 6.54 Å². The Hall–Kier alpha value is -2.80. The predicted molar refractivity (Wildman–Crippen MR) is 112 cm³/mol. The number of ether oxygens (including phenoxy) is 1. The molecule has 1 saturated heterocycles. The van der Waals surface area contributed by atoms with E-state index in [1.807, 2.05) is 47.2 Å². The van der Waals surface area contributed by atoms with Crippen LogP contribution in [-0.2, 0) is 28.0 Å². The molecule has 2 aromatic carbocycles. The van der Waals surface area contributed by atoms with Crippen molar-refractivity contribution in [1.82, 2.24) is 4.72 Å². The molecule has 2 aromatic rings. The van der Waals surface area contributed by atoms with Crippen LogP contribution in [0.1, 0.15) is 30.4 Å². The van der Waals surface area contributed by atoms with E-state index in [1.54, 1.807) is 6.07 Å². The first-order valence-electron chi connectivity index (χ1n) is 9.79. The first-order chi connectivity index (χ1) is 14.0. The van der Waals surface area contributed by atoms with E-state index in [0.29, 0.717) is 24.0 Å². The molecule has 1 N–H and O–H groups in total. The van der Waals surface area contributed by atoms with Crippen LogP contribution in [0, 0.1) is 5.92 Å². The molecule has 0 aromatic heterocycles. The van der Waals surface area contributed by atoms with E-state index in [2.05, 4.69) is 12.2 Å². The van der Waals surface area contributed by atoms with Gasteiger partial charge in [0.2, 0.25) is 0 Å². The number of hydrogen-bond acceptors (Lipinski definition) is 4. The highest BCUT2D eigenvalue weighted by Gasteiger charge is 2.35. The number of rotatable bonds is 6. The number of anilines is 1. The Bertz CT molecular complexity index is 1020. The van der Waals surface area contributed by atoms with Gasteiger partial charge in [0.1, 0.15) is 18.9 Å². The maximum Gasteiger partial charge on any atom is 0.326 e. The van der Waals surface area contributed by atoms with Crippen molar-refractivity contribution in [2.24, 2.45) is 5.92 Å². The third-order valence-corrected chi connectivity index (χ3v) is 6.64. The lowest BCUT2D eigenvalue weighted by Crippen LogP contribution is -2.29. The lowest BCUT2D eigenvalue weighted by molar-refractivity contribution is -0.117. The zero-order chi connectivity index (χ0) is 20.3. The highest BCUT2D eigenvalue weighted by molar-refractivity contribution is 7.92. The number of amides is 1. The normalized spacial score (nSPS) is 20.5. The first-order valence-corrected chi connectivity index (χ1v) is 11.2. The second-order valence-corrected chi connectivity index (χ2v) is 9.06. The van der Waals surface area contributed by atoms with E-state index in [9.17, 15) is 13.2 Å². The Morgan fingerprint density at radius 3 is 2.59 bits per heavy atom. The summed E-state index contributed by atoms with van der Waals surface area (Å²) in [6, 6.07) is 15.3. The average Bonchev–Trinajstić information content (AvgIpc) is 3.00. The highest BCUT2D eigenvalue weighted by Crippen LogP contribution is 2.34. The van der Waals surface area contributed by atoms with Crippen molar-refractivity contribution in [2.45, 2.75) is 32.3 Å². The molecule has 7 heteroatoms. The predicted octanol–water partition coefficient (Wildman–Crippen LogP) is 3.35. The Morgan fingerprint density at radius 2 is 1.90 bits per heavy atom. The van der Waals surface area contributed by atoms with E-state index >= 15 is 0 Å². The third-order valence-electron chi connectivity index (χ3n) is 5.25. The molecule has 1 aliphatic heterocycles. The van der Waals surface area contributed by atoms with Gasteiger partial charge in [0.05, 0.1) is 5.69 Å². The second-order valence-electron chi connectivity index (χ2n) is 7.47. The zero-order valence-corrected chi connectivity index (χ0v) is 16.9. The maximum atomic E-state index is 12.3. The van der Waals surface area contributed by atoms with Crippen LogP contribution < -0.4 is 13.8 Å². The van der Waals surface area contributed by atoms with Gasteiger partial charge in [-0.15, -0.1) is 0 Å². The minimum atomic E-state index is -3.89. The molecular formula is C22H24N2O4S. The summed E-state index contributed by atoms with van der Waals surface area (Å²) < 4.78 is 33.8. The summed E-state index contributed by atoms with van der Waals surface area (Å²) in [5.74, 6) is 0.501. The largest absolute Gasteiger partial charge is 0.487 e. The number of allylic oxidation sites excluding steroid dienone is 2. The van der Waals surface area contributed by atoms with Gasteiger partial charge < -0.3 is 4.74 Å². The Labute approximate surface area is 171 Å². The van der Waals surface area contributed by atoms with Crippen molar-refractivity contribution >= 4 is 21.8 Å². The Balaban J connectivity index is 1.62. The number of hydrogen-bond donors (Lipinski definition) is 1. The molecule has 1 heterocycles. The van der Waals surface area contributed by atoms with Crippen LogP contribution in [0.3, 0.4) is 0 Å². The summed E-state index contributed by atoms with van der Waals surface area (Å²) in [4.78, 5) is 11.7. The van der Waals surface area contributed by atoms with Crippen molar-refractivity contribution in [3.8, 4) is 5.75 Å². The van der Waals surface area contributed by atoms with Crippen molar-refractivity contribution in [2.75, 3.05) is 10.8 Å². The second kappa shape index (κ2) is 8.29. The molecule has 1 fully saturated rings. The summed E-state index contributed by atoms with van der Waals surface area (Å²) in [6.45, 7) is 0.0789. The van der Waals surface area contributed by atoms with Gasteiger partial charge in [-0.25, -0.2) is 9.03 Å². The van der Waals surface area contributed by atoms with Crippen LogP contribution in [0.4, 0.5) is 5.69 Å². The fourth-order valence-electron chi connectivity index (χ4n) is 3.78. The molecule has 1 amide bonds. The topological polar surface area (TPSA) is 75.7 Å². The summed E-state index contributed by atoms with van der Waals surface area (Å²) in [7, 11) is -3.89. The number of carbonyl (C=O) groups excluding carboxylic acids is 1. The summed E-state index contributed by atoms with van der Waals surface area (Å²) in [6.07, 6.45) is 8.66. The van der Waals surface area contributed by atoms with Gasteiger partial charge >= 0.3 is 10.2 Å². The van der Waals surface area contributed by atoms with Gasteiger partial charge in [0.25, 0.3) is 5.91 Å². The number of nitrogens with zero attached hydrogens (tertiary/aromatic N) is 1. The maximum absolute atomic E-state index is 12.3. The molecule has 6 nitrogen and oxygen atoms in total. The summed E-state index contributed by atoms with van der Waals surface area (Å²) in [5, 5.41) is 0. The van der Waals surface area contributed by atoms with Crippen molar-refractivity contribution in [3.05, 3.63) is 71.8 Å². The van der Waals surface area contributed by atoms with Gasteiger partial charge in [-0.1, -0.05) is 48.6 Å². The molecule has 0 bridgehead atoms. The molecular weight excluding hydrogens is 388 g/mol. The molecule has 4 rings (SSSR count). The average molecular weight is 413 g/mol. The Kier molecular flexibility index (Phi) is 5.58. The molecule has 1 atom stereocenters. The monoisotopic (exact) mass is 412 g/mol. The van der Waals surface area contributed by atoms with Gasteiger partial charge in [0, 0.05) is 0 Å². The van der Waals surface area contributed by atoms with Gasteiger partial charge in [0.15, 0.2) is 0 Å². The van der Waals surface area contributed by atoms with Crippen molar-refractivity contribution < 1.29 is 17.9 Å². The number of benzene rings is 2. The van der Waals surface area contributed by atoms with Gasteiger partial charge in [-0.3, -0.25) is 4.79 Å². The van der Waals surface area contributed by atoms with Crippen LogP contribution in [-0.4, -0.2) is 20.9 Å². The third kappa shape index (κ3) is 4.62. The summed E-state index contributed by atoms with van der Waals surface area (Å²) in [5.41, 5.74) is 2.47. The quantitative estimate of drug-likeness (QED) is 0.739. The van der Waals surface area contributed by atoms with Crippen LogP contribution in [0.15, 0.2) is 60.7 Å². The SMILES string of the molecule is O=C1CN(c2ccc(CC3CC=CCC3)cc2OCc2ccccc2)S(=O)(=O)N1. The summed E-state index contributed by atoms with van der Waals surface area (Å²) >= 11 is 0. The highest BCUT2D eigenvalue weighted by atomic mass is 32.2. The van der Waals surface area contributed by atoms with Crippen LogP contribution in [0.2, 0.25) is 0 Å². The van der Waals surface area contributed by atoms with E-state index < -0.39 is 16.1 Å². The zero-order valence-electron chi connectivity index (χ0n) is 16.1. The lowest BCUT2D eigenvalue weighted by atomic mass is 9.88. The molecule has 1 unspecified atom stereocenters. The lowest BCUT2D eigenvalue weighted by Gasteiger charge is -2.22. The van der Waals surface area contributed by atoms with Crippen molar-refractivity contribution in [1.29, 1.82) is 0 Å². The minimum absolute atomic E-state index is 0.239. The minimum Gasteiger partial charge on any atom is -0.487 e. The standard InChI is InChI=1S/C22H24N2O4S/c25-22-15-24(29(26,27)23-22)20-12-11-19(13-17-7-3-1-4-8-17)14-21(20)28-16-18-9-5-2-6-10-18/h1-3,5-6,9-12,14,17H,4,7-8,13,15-16H2,(H,23,25). The van der Waals surface area contributed by atoms with Gasteiger partial charge in [-0.2, -0.15) is 8.42 Å². The van der Waals surface area contributed by atoms with Crippen LogP contribution >= 0.6 is 0 Å². The number of nitrogens with one attached hydrogen (secondary N) is 1. The van der Waals surface area contributed by atoms with Crippen molar-refractivity contribution in [3.63, 3.8) is 0 Å². The fourth-order valence-corrected chi connectivity index (χ4v) is 4.94. The van der Waals surface area contributed by atoms with Gasteiger partial charge in [-0.05, 0) is 54.9 Å². The molecule has 0 spiro atoms. The molecule has 0 radical (unpaired) electrons. The Morgan fingerprint density at radius 1 is 1.07 bits per heavy atom. The molecule has 1 aliphatic carbocycles. The van der Waals surface area contributed by atoms with Crippen LogP contribution in [0.5, 0.6) is 5.75 Å². The molecule has 0 saturated carbocycles. The molecule has 29 heavy (non-hydrogen) atoms. The molecule has 152 valence electrons. The van der Waals surface area contributed by atoms with Crippen LogP contribution in [0.25, 0.3) is 0 Å². The van der Waals surface area contributed by atoms with E-state index in [4.69, 9.17) is 4.74 Å². The molecule has 2 aliphatic rings. The number of carbonyl (C=O) groups is 1. The fraction of sp³-hybridized carbons (Fsp3) is 0.318. The smallest absolute Gasteiger partial charge is 0.326 e. The first kappa shape index (κ1) is 19.5. The van der Waals surface area contributed by atoms with E-state index in [0.717, 1.165) is 41.1 Å².